The van der Waals surface area contributed by atoms with Crippen molar-refractivity contribution in [3.8, 4) is 41.2 Å². The number of fused-ring (bicyclic) bond motifs is 3. The molecule has 2 aromatic heterocycles. The van der Waals surface area contributed by atoms with E-state index in [-0.39, 0.29) is 99.0 Å². The normalized spacial score (nSPS) is 25.7. The number of carbonyl (C=O) groups is 1. The maximum atomic E-state index is 17.5. The van der Waals surface area contributed by atoms with Gasteiger partial charge in [-0.05, 0) is 88.4 Å². The predicted octanol–water partition coefficient (Wildman–Crippen LogP) is 6.85. The average Bonchev–Trinajstić information content (AvgIpc) is 3.58. The lowest BCUT2D eigenvalue weighted by Crippen LogP contribution is -2.62. The van der Waals surface area contributed by atoms with E-state index in [1.54, 1.807) is 6.92 Å². The Kier molecular flexibility index (Phi) is 10.8. The van der Waals surface area contributed by atoms with E-state index >= 15 is 8.78 Å². The number of phenolic OH excluding ortho intramolecular Hbond substituents is 1. The number of β-amino-alcohol motifs (C(OH)–C–C–N with tert-alkyl or cyclic N) is 1. The SMILES string of the molecule is C#Cc1c(F)ccc2cc(O)cc(-c3nc(OC)c4c(N5CCOCC(C)(O)C5)nc(OCC56CCCC5N(C5CCC7(CC5)CN(C(=O)C(C)C)C7)CCC6)nc4c3F)c12. The van der Waals surface area contributed by atoms with Crippen LogP contribution in [0.3, 0.4) is 0 Å². The molecular weight excluding hydrogens is 783 g/mol. The van der Waals surface area contributed by atoms with Crippen molar-refractivity contribution >= 4 is 33.4 Å². The summed E-state index contributed by atoms with van der Waals surface area (Å²) in [5.74, 6) is 1.21. The number of pyridine rings is 1. The standard InChI is InChI=1S/C47H56F2N6O6/c1-6-32-34(48)11-10-29-21-31(56)22-33(36(29)32)39-38(49)40-37(42(50-39)59-5)41(53-19-20-60-26-45(4,58)23-53)52-44(51-40)61-27-47-14-7-9-35(47)55(18-8-15-47)30-12-16-46(17-13-30)24-54(25-46)43(57)28(2)3/h1,10-11,21-22,28,30,35,56,58H,7-9,12-20,23-27H2,2-5H3. The molecule has 3 saturated heterocycles. The van der Waals surface area contributed by atoms with Crippen LogP contribution < -0.4 is 14.4 Å². The zero-order chi connectivity index (χ0) is 42.8. The van der Waals surface area contributed by atoms with Gasteiger partial charge in [0.25, 0.3) is 0 Å². The fourth-order valence-electron chi connectivity index (χ4n) is 11.4. The van der Waals surface area contributed by atoms with Crippen molar-refractivity contribution in [1.82, 2.24) is 24.8 Å². The predicted molar refractivity (Wildman–Crippen MR) is 228 cm³/mol. The highest BCUT2D eigenvalue weighted by Gasteiger charge is 2.53. The molecular formula is C47H56F2N6O6. The summed E-state index contributed by atoms with van der Waals surface area (Å²) in [6, 6.07) is 6.20. The van der Waals surface area contributed by atoms with Crippen molar-refractivity contribution in [1.29, 1.82) is 0 Å². The summed E-state index contributed by atoms with van der Waals surface area (Å²) in [4.78, 5) is 33.5. The number of aliphatic hydroxyl groups is 1. The molecule has 1 amide bonds. The summed E-state index contributed by atoms with van der Waals surface area (Å²) < 4.78 is 50.9. The van der Waals surface area contributed by atoms with Crippen molar-refractivity contribution in [2.75, 3.05) is 64.6 Å². The molecule has 14 heteroatoms. The molecule has 5 heterocycles. The molecule has 5 fully saturated rings. The van der Waals surface area contributed by atoms with Crippen LogP contribution in [0.2, 0.25) is 0 Å². The summed E-state index contributed by atoms with van der Waals surface area (Å²) in [6.45, 7) is 9.60. The van der Waals surface area contributed by atoms with Gasteiger partial charge >= 0.3 is 6.01 Å². The number of ether oxygens (including phenoxy) is 3. The number of rotatable bonds is 8. The molecule has 1 spiro atoms. The van der Waals surface area contributed by atoms with Gasteiger partial charge < -0.3 is 34.2 Å². The quantitative estimate of drug-likeness (QED) is 0.181. The third-order valence-corrected chi connectivity index (χ3v) is 14.3. The Hall–Kier alpha value is -4.84. The van der Waals surface area contributed by atoms with Gasteiger partial charge in [-0.15, -0.1) is 6.42 Å². The number of hydrogen-bond acceptors (Lipinski definition) is 11. The summed E-state index contributed by atoms with van der Waals surface area (Å²) in [5.41, 5.74) is -1.57. The first kappa shape index (κ1) is 41.5. The Bertz CT molecular complexity index is 2410. The van der Waals surface area contributed by atoms with E-state index in [9.17, 15) is 15.0 Å². The fourth-order valence-corrected chi connectivity index (χ4v) is 11.4. The lowest BCUT2D eigenvalue weighted by atomic mass is 9.66. The summed E-state index contributed by atoms with van der Waals surface area (Å²) >= 11 is 0. The van der Waals surface area contributed by atoms with Crippen molar-refractivity contribution in [3.05, 3.63) is 41.5 Å². The molecule has 2 N–H and O–H groups in total. The van der Waals surface area contributed by atoms with Gasteiger partial charge in [-0.3, -0.25) is 9.69 Å². The number of amides is 1. The maximum Gasteiger partial charge on any atom is 0.319 e. The first-order chi connectivity index (χ1) is 29.2. The van der Waals surface area contributed by atoms with E-state index in [1.165, 1.54) is 31.4 Å². The summed E-state index contributed by atoms with van der Waals surface area (Å²) in [7, 11) is 1.40. The van der Waals surface area contributed by atoms with E-state index in [4.69, 9.17) is 30.6 Å². The second-order valence-electron chi connectivity index (χ2n) is 18.9. The smallest absolute Gasteiger partial charge is 0.319 e. The topological polar surface area (TPSA) is 134 Å². The number of likely N-dealkylation sites (tertiary alicyclic amines) is 2. The molecule has 12 nitrogen and oxygen atoms in total. The average molecular weight is 839 g/mol. The van der Waals surface area contributed by atoms with Crippen molar-refractivity contribution < 1.29 is 38.0 Å². The van der Waals surface area contributed by atoms with Crippen molar-refractivity contribution in [2.24, 2.45) is 16.7 Å². The van der Waals surface area contributed by atoms with E-state index in [0.717, 1.165) is 77.4 Å². The minimum Gasteiger partial charge on any atom is -0.508 e. The Morgan fingerprint density at radius 1 is 1.03 bits per heavy atom. The lowest BCUT2D eigenvalue weighted by Gasteiger charge is -2.56. The molecule has 2 aliphatic carbocycles. The van der Waals surface area contributed by atoms with Gasteiger partial charge in [-0.1, -0.05) is 32.3 Å². The number of nitrogens with zero attached hydrogens (tertiary/aromatic N) is 6. The van der Waals surface area contributed by atoms with Gasteiger partial charge in [-0.2, -0.15) is 9.97 Å². The zero-order valence-electron chi connectivity index (χ0n) is 35.6. The van der Waals surface area contributed by atoms with Gasteiger partial charge in [0.15, 0.2) is 5.82 Å². The third-order valence-electron chi connectivity index (χ3n) is 14.3. The molecule has 3 atom stereocenters. The van der Waals surface area contributed by atoms with Crippen molar-refractivity contribution in [3.63, 3.8) is 0 Å². The monoisotopic (exact) mass is 838 g/mol. The zero-order valence-corrected chi connectivity index (χ0v) is 35.6. The fraction of sp³-hybridized carbons (Fsp3) is 0.574. The molecule has 0 radical (unpaired) electrons. The van der Waals surface area contributed by atoms with Crippen LogP contribution in [-0.2, 0) is 9.53 Å². The molecule has 324 valence electrons. The Morgan fingerprint density at radius 2 is 1.80 bits per heavy atom. The van der Waals surface area contributed by atoms with Gasteiger partial charge in [0.1, 0.15) is 39.6 Å². The molecule has 0 bridgehead atoms. The Morgan fingerprint density at radius 3 is 2.54 bits per heavy atom. The van der Waals surface area contributed by atoms with Crippen LogP contribution in [0.15, 0.2) is 24.3 Å². The number of aromatic nitrogens is 3. The number of phenols is 1. The van der Waals surface area contributed by atoms with Crippen molar-refractivity contribution in [2.45, 2.75) is 96.2 Å². The van der Waals surface area contributed by atoms with E-state index < -0.39 is 17.2 Å². The molecule has 2 saturated carbocycles. The Labute approximate surface area is 355 Å². The van der Waals surface area contributed by atoms with E-state index in [2.05, 4.69) is 15.8 Å². The maximum absolute atomic E-state index is 17.5. The van der Waals surface area contributed by atoms with Gasteiger partial charge in [0, 0.05) is 59.4 Å². The van der Waals surface area contributed by atoms with Crippen LogP contribution in [-0.4, -0.2) is 118 Å². The minimum atomic E-state index is -1.26. The number of halogens is 2. The number of aromatic hydroxyl groups is 1. The lowest BCUT2D eigenvalue weighted by molar-refractivity contribution is -0.150. The number of carbonyl (C=O) groups excluding carboxylic acids is 1. The largest absolute Gasteiger partial charge is 0.508 e. The van der Waals surface area contributed by atoms with E-state index in [1.807, 2.05) is 23.6 Å². The first-order valence-corrected chi connectivity index (χ1v) is 21.8. The third kappa shape index (κ3) is 7.40. The summed E-state index contributed by atoms with van der Waals surface area (Å²) in [6.07, 6.45) is 15.5. The number of piperidine rings is 1. The Balaban J connectivity index is 1.07. The molecule has 2 aromatic carbocycles. The van der Waals surface area contributed by atoms with Crippen LogP contribution in [0.5, 0.6) is 17.6 Å². The number of benzene rings is 2. The second-order valence-corrected chi connectivity index (χ2v) is 18.9. The van der Waals surface area contributed by atoms with Crippen LogP contribution in [0.4, 0.5) is 14.6 Å². The van der Waals surface area contributed by atoms with Crippen LogP contribution in [0.25, 0.3) is 32.9 Å². The minimum absolute atomic E-state index is 0.0133. The van der Waals surface area contributed by atoms with E-state index in [0.29, 0.717) is 30.6 Å². The molecule has 3 aliphatic heterocycles. The number of methoxy groups -OCH3 is 1. The molecule has 9 rings (SSSR count). The van der Waals surface area contributed by atoms with Gasteiger partial charge in [0.2, 0.25) is 11.8 Å². The van der Waals surface area contributed by atoms with Crippen LogP contribution in [0, 0.1) is 40.7 Å². The number of terminal acetylenes is 1. The highest BCUT2D eigenvalue weighted by molar-refractivity contribution is 6.04. The summed E-state index contributed by atoms with van der Waals surface area (Å²) in [5, 5.41) is 22.8. The first-order valence-electron chi connectivity index (χ1n) is 21.8. The highest BCUT2D eigenvalue weighted by atomic mass is 19.1. The molecule has 4 aromatic rings. The molecule has 3 unspecified atom stereocenters. The van der Waals surface area contributed by atoms with Gasteiger partial charge in [0.05, 0.1) is 39.0 Å². The second kappa shape index (κ2) is 15.8. The molecule has 5 aliphatic rings. The van der Waals surface area contributed by atoms with Gasteiger partial charge in [-0.25, -0.2) is 13.8 Å². The van der Waals surface area contributed by atoms with Crippen LogP contribution in [0.1, 0.15) is 84.1 Å². The number of hydrogen-bond donors (Lipinski definition) is 2. The highest BCUT2D eigenvalue weighted by Crippen LogP contribution is 2.52. The van der Waals surface area contributed by atoms with Crippen LogP contribution >= 0.6 is 0 Å². The molecule has 61 heavy (non-hydrogen) atoms. The number of anilines is 1.